The van der Waals surface area contributed by atoms with Gasteiger partial charge >= 0.3 is 0 Å². The third-order valence-corrected chi connectivity index (χ3v) is 7.27. The Balaban J connectivity index is 1.64. The van der Waals surface area contributed by atoms with Crippen molar-refractivity contribution >= 4 is 17.4 Å². The second kappa shape index (κ2) is 12.1. The molecule has 0 saturated carbocycles. The monoisotopic (exact) mass is 512 g/mol. The van der Waals surface area contributed by atoms with Crippen LogP contribution >= 0.6 is 0 Å². The van der Waals surface area contributed by atoms with Crippen molar-refractivity contribution in [2.24, 2.45) is 0 Å². The smallest absolute Gasteiger partial charge is 0.295 e. The summed E-state index contributed by atoms with van der Waals surface area (Å²) in [6, 6.07) is 22.1. The number of nitrogens with zero attached hydrogens (tertiary/aromatic N) is 2. The summed E-state index contributed by atoms with van der Waals surface area (Å²) in [5, 5.41) is 11.3. The number of hydrogen-bond acceptors (Lipinski definition) is 5. The van der Waals surface area contributed by atoms with Crippen molar-refractivity contribution in [3.63, 3.8) is 0 Å². The van der Waals surface area contributed by atoms with Gasteiger partial charge in [-0.3, -0.25) is 9.59 Å². The summed E-state index contributed by atoms with van der Waals surface area (Å²) in [5.74, 6) is -0.765. The zero-order chi connectivity index (χ0) is 27.2. The number of aliphatic hydroxyl groups excluding tert-OH is 1. The predicted octanol–water partition coefficient (Wildman–Crippen LogP) is 5.65. The summed E-state index contributed by atoms with van der Waals surface area (Å²) in [6.07, 6.45) is 0. The molecular weight excluding hydrogens is 476 g/mol. The van der Waals surface area contributed by atoms with Crippen LogP contribution in [0.2, 0.25) is 0 Å². The largest absolute Gasteiger partial charge is 0.507 e. The number of ketones is 1. The Hall–Kier alpha value is -3.90. The van der Waals surface area contributed by atoms with E-state index in [1.807, 2.05) is 62.4 Å². The molecule has 1 fully saturated rings. The van der Waals surface area contributed by atoms with Crippen LogP contribution in [-0.4, -0.2) is 52.8 Å². The minimum Gasteiger partial charge on any atom is -0.507 e. The first-order valence-electron chi connectivity index (χ1n) is 13.2. The number of aryl methyl sites for hydroxylation is 2. The van der Waals surface area contributed by atoms with Gasteiger partial charge in [-0.15, -0.1) is 0 Å². The van der Waals surface area contributed by atoms with Crippen LogP contribution in [0.4, 0.5) is 0 Å². The van der Waals surface area contributed by atoms with Crippen molar-refractivity contribution in [3.8, 4) is 5.75 Å². The van der Waals surface area contributed by atoms with Crippen molar-refractivity contribution in [1.82, 2.24) is 9.80 Å². The average molecular weight is 513 g/mol. The number of carbonyl (C=O) groups is 2. The third kappa shape index (κ3) is 5.81. The maximum absolute atomic E-state index is 13.3. The molecule has 38 heavy (non-hydrogen) atoms. The Labute approximate surface area is 225 Å². The lowest BCUT2D eigenvalue weighted by Crippen LogP contribution is -2.38. The van der Waals surface area contributed by atoms with Gasteiger partial charge in [-0.05, 0) is 67.9 Å². The van der Waals surface area contributed by atoms with Gasteiger partial charge in [0.25, 0.3) is 11.7 Å². The van der Waals surface area contributed by atoms with E-state index in [-0.39, 0.29) is 11.3 Å². The normalized spacial score (nSPS) is 16.9. The second-order valence-electron chi connectivity index (χ2n) is 9.67. The number of hydrogen-bond donors (Lipinski definition) is 1. The number of carbonyl (C=O) groups excluding carboxylic acids is 2. The van der Waals surface area contributed by atoms with Crippen LogP contribution in [0.15, 0.2) is 78.4 Å². The highest BCUT2D eigenvalue weighted by atomic mass is 16.5. The number of likely N-dealkylation sites (tertiary alicyclic amines) is 1. The van der Waals surface area contributed by atoms with Crippen LogP contribution in [0.3, 0.4) is 0 Å². The summed E-state index contributed by atoms with van der Waals surface area (Å²) in [6.45, 7) is 11.4. The van der Waals surface area contributed by atoms with E-state index in [1.165, 1.54) is 0 Å². The molecule has 0 aliphatic carbocycles. The van der Waals surface area contributed by atoms with Gasteiger partial charge in [-0.25, -0.2) is 0 Å². The third-order valence-electron chi connectivity index (χ3n) is 7.27. The van der Waals surface area contributed by atoms with Crippen LogP contribution in [-0.2, 0) is 16.2 Å². The van der Waals surface area contributed by atoms with Gasteiger partial charge < -0.3 is 19.6 Å². The first-order chi connectivity index (χ1) is 18.3. The van der Waals surface area contributed by atoms with Gasteiger partial charge in [0, 0.05) is 18.7 Å². The SMILES string of the molecule is CCN(CC)CCN1C(=O)C(=O)C(=C(O)c2ccc(OCc3ccccc3C)cc2)C1c1ccc(C)cc1. The first-order valence-corrected chi connectivity index (χ1v) is 13.2. The number of amides is 1. The number of aliphatic hydroxyl groups is 1. The molecule has 3 aromatic carbocycles. The lowest BCUT2D eigenvalue weighted by molar-refractivity contribution is -0.140. The van der Waals surface area contributed by atoms with E-state index in [9.17, 15) is 14.7 Å². The molecule has 0 aromatic heterocycles. The highest BCUT2D eigenvalue weighted by molar-refractivity contribution is 6.46. The minimum atomic E-state index is -0.660. The van der Waals surface area contributed by atoms with E-state index in [1.54, 1.807) is 29.2 Å². The van der Waals surface area contributed by atoms with Crippen molar-refractivity contribution < 1.29 is 19.4 Å². The quantitative estimate of drug-likeness (QED) is 0.216. The molecule has 3 aromatic rings. The number of rotatable bonds is 10. The maximum Gasteiger partial charge on any atom is 0.295 e. The van der Waals surface area contributed by atoms with Crippen LogP contribution < -0.4 is 4.74 Å². The molecule has 1 N–H and O–H groups in total. The fraction of sp³-hybridized carbons (Fsp3) is 0.312. The molecule has 0 spiro atoms. The standard InChI is InChI=1S/C32H36N2O4/c1-5-33(6-2)19-20-34-29(24-13-11-22(3)12-14-24)28(31(36)32(34)37)30(35)25-15-17-27(18-16-25)38-21-26-10-8-7-9-23(26)4/h7-18,29,35H,5-6,19-21H2,1-4H3. The minimum absolute atomic E-state index is 0.118. The Morgan fingerprint density at radius 3 is 2.21 bits per heavy atom. The van der Waals surface area contributed by atoms with E-state index >= 15 is 0 Å². The molecule has 1 atom stereocenters. The molecule has 6 heteroatoms. The summed E-state index contributed by atoms with van der Waals surface area (Å²) in [7, 11) is 0. The van der Waals surface area contributed by atoms with Crippen LogP contribution in [0.25, 0.3) is 5.76 Å². The van der Waals surface area contributed by atoms with Gasteiger partial charge in [0.15, 0.2) is 0 Å². The molecule has 4 rings (SSSR count). The Morgan fingerprint density at radius 1 is 0.921 bits per heavy atom. The second-order valence-corrected chi connectivity index (χ2v) is 9.67. The fourth-order valence-corrected chi connectivity index (χ4v) is 4.79. The average Bonchev–Trinajstić information content (AvgIpc) is 3.18. The molecule has 1 unspecified atom stereocenters. The van der Waals surface area contributed by atoms with Crippen molar-refractivity contribution in [1.29, 1.82) is 0 Å². The van der Waals surface area contributed by atoms with E-state index in [0.717, 1.165) is 35.3 Å². The van der Waals surface area contributed by atoms with Crippen molar-refractivity contribution in [3.05, 3.63) is 106 Å². The lowest BCUT2D eigenvalue weighted by atomic mass is 9.94. The molecule has 0 bridgehead atoms. The molecule has 1 heterocycles. The van der Waals surface area contributed by atoms with Gasteiger partial charge in [0.05, 0.1) is 11.6 Å². The number of benzene rings is 3. The van der Waals surface area contributed by atoms with Gasteiger partial charge in [0.1, 0.15) is 18.1 Å². The fourth-order valence-electron chi connectivity index (χ4n) is 4.79. The molecule has 1 aliphatic rings. The maximum atomic E-state index is 13.3. The lowest BCUT2D eigenvalue weighted by Gasteiger charge is -2.28. The van der Waals surface area contributed by atoms with E-state index in [4.69, 9.17) is 4.74 Å². The van der Waals surface area contributed by atoms with Gasteiger partial charge in [0.2, 0.25) is 0 Å². The summed E-state index contributed by atoms with van der Waals surface area (Å²) in [4.78, 5) is 30.3. The number of Topliss-reactive ketones (excluding diaryl/α,β-unsaturated/α-hetero) is 1. The Bertz CT molecular complexity index is 1310. The molecule has 1 aliphatic heterocycles. The number of likely N-dealkylation sites (N-methyl/N-ethyl adjacent to an activating group) is 1. The van der Waals surface area contributed by atoms with E-state index in [0.29, 0.717) is 31.0 Å². The zero-order valence-electron chi connectivity index (χ0n) is 22.6. The van der Waals surface area contributed by atoms with Crippen LogP contribution in [0.1, 0.15) is 47.7 Å². The number of ether oxygens (including phenoxy) is 1. The van der Waals surface area contributed by atoms with Gasteiger partial charge in [-0.2, -0.15) is 0 Å². The Morgan fingerprint density at radius 2 is 1.58 bits per heavy atom. The highest BCUT2D eigenvalue weighted by Crippen LogP contribution is 2.39. The summed E-state index contributed by atoms with van der Waals surface area (Å²) in [5.41, 5.74) is 4.72. The molecule has 1 saturated heterocycles. The Kier molecular flexibility index (Phi) is 8.64. The molecular formula is C32H36N2O4. The van der Waals surface area contributed by atoms with Crippen LogP contribution in [0, 0.1) is 13.8 Å². The molecule has 0 radical (unpaired) electrons. The summed E-state index contributed by atoms with van der Waals surface area (Å²) < 4.78 is 5.93. The topological polar surface area (TPSA) is 70.1 Å². The predicted molar refractivity (Wildman–Crippen MR) is 150 cm³/mol. The first kappa shape index (κ1) is 27.1. The molecule has 6 nitrogen and oxygen atoms in total. The zero-order valence-corrected chi connectivity index (χ0v) is 22.6. The summed E-state index contributed by atoms with van der Waals surface area (Å²) >= 11 is 0. The van der Waals surface area contributed by atoms with Gasteiger partial charge in [-0.1, -0.05) is 67.9 Å². The van der Waals surface area contributed by atoms with Crippen LogP contribution in [0.5, 0.6) is 5.75 Å². The van der Waals surface area contributed by atoms with Crippen molar-refractivity contribution in [2.75, 3.05) is 26.2 Å². The molecule has 1 amide bonds. The molecule has 198 valence electrons. The van der Waals surface area contributed by atoms with E-state index < -0.39 is 17.7 Å². The highest BCUT2D eigenvalue weighted by Gasteiger charge is 2.45. The van der Waals surface area contributed by atoms with Crippen molar-refractivity contribution in [2.45, 2.75) is 40.3 Å². The van der Waals surface area contributed by atoms with E-state index in [2.05, 4.69) is 18.7 Å².